The average molecular weight is 300 g/mol. The molecule has 2 N–H and O–H groups in total. The van der Waals surface area contributed by atoms with E-state index in [1.165, 1.54) is 0 Å². The first-order valence-corrected chi connectivity index (χ1v) is 7.31. The van der Waals surface area contributed by atoms with Crippen LogP contribution in [0.1, 0.15) is 54.3 Å². The van der Waals surface area contributed by atoms with Crippen LogP contribution >= 0.6 is 0 Å². The average Bonchev–Trinajstić information content (AvgIpc) is 3.16. The highest BCUT2D eigenvalue weighted by Gasteiger charge is 2.29. The van der Waals surface area contributed by atoms with Gasteiger partial charge in [-0.15, -0.1) is 0 Å². The zero-order valence-electron chi connectivity index (χ0n) is 12.6. The molecule has 0 saturated carbocycles. The van der Waals surface area contributed by atoms with Gasteiger partial charge in [0.15, 0.2) is 5.82 Å². The van der Waals surface area contributed by atoms with E-state index in [1.807, 2.05) is 19.9 Å². The Balaban J connectivity index is 1.74. The number of primary amides is 1. The second-order valence-electron chi connectivity index (χ2n) is 5.74. The Morgan fingerprint density at radius 3 is 3.00 bits per heavy atom. The number of hydrogen-bond donors (Lipinski definition) is 1. The zero-order valence-corrected chi connectivity index (χ0v) is 12.6. The van der Waals surface area contributed by atoms with Gasteiger partial charge in [0.25, 0.3) is 5.91 Å². The van der Waals surface area contributed by atoms with E-state index >= 15 is 0 Å². The Morgan fingerprint density at radius 2 is 2.32 bits per heavy atom. The first-order chi connectivity index (χ1) is 10.5. The van der Waals surface area contributed by atoms with E-state index < -0.39 is 5.91 Å². The molecule has 1 radical (unpaired) electrons. The second-order valence-corrected chi connectivity index (χ2v) is 5.74. The lowest BCUT2D eigenvalue weighted by Gasteiger charge is -2.16. The van der Waals surface area contributed by atoms with Crippen molar-refractivity contribution in [3.8, 4) is 0 Å². The number of nitrogens with two attached hydrogens (primary N) is 1. The van der Waals surface area contributed by atoms with Gasteiger partial charge in [0, 0.05) is 25.1 Å². The van der Waals surface area contributed by atoms with Gasteiger partial charge in [-0.3, -0.25) is 4.79 Å². The summed E-state index contributed by atoms with van der Waals surface area (Å²) in [6.45, 7) is 5.62. The standard InChI is InChI=1S/C15H18N5O2/c1-9(2)14-18-15(22-19-14)10-6-7-20(8-10)12-5-3-4-11(17-12)13(16)21/h3,5,9-10H,6-8H2,1-2H3,(H2,16,21). The molecule has 1 amide bonds. The van der Waals surface area contributed by atoms with Crippen molar-refractivity contribution in [1.29, 1.82) is 0 Å². The third kappa shape index (κ3) is 2.79. The van der Waals surface area contributed by atoms with Gasteiger partial charge in [-0.2, -0.15) is 4.98 Å². The smallest absolute Gasteiger partial charge is 0.268 e. The van der Waals surface area contributed by atoms with Crippen LogP contribution in [0.15, 0.2) is 16.7 Å². The minimum atomic E-state index is -0.573. The van der Waals surface area contributed by atoms with Crippen LogP contribution in [-0.4, -0.2) is 34.1 Å². The molecular formula is C15H18N5O2. The molecule has 0 aliphatic carbocycles. The van der Waals surface area contributed by atoms with Crippen molar-refractivity contribution in [2.24, 2.45) is 5.73 Å². The number of amides is 1. The molecule has 0 bridgehead atoms. The van der Waals surface area contributed by atoms with Crippen molar-refractivity contribution in [1.82, 2.24) is 15.1 Å². The minimum Gasteiger partial charge on any atom is -0.364 e. The second kappa shape index (κ2) is 5.75. The number of nitrogens with zero attached hydrogens (tertiary/aromatic N) is 4. The number of anilines is 1. The van der Waals surface area contributed by atoms with Crippen LogP contribution in [0, 0.1) is 6.07 Å². The fourth-order valence-corrected chi connectivity index (χ4v) is 2.50. The lowest BCUT2D eigenvalue weighted by molar-refractivity contribution is 0.0995. The van der Waals surface area contributed by atoms with E-state index in [0.717, 1.165) is 31.2 Å². The van der Waals surface area contributed by atoms with Crippen molar-refractivity contribution >= 4 is 11.7 Å². The number of carbonyl (C=O) groups excluding carboxylic acids is 1. The van der Waals surface area contributed by atoms with Gasteiger partial charge in [0.1, 0.15) is 11.5 Å². The van der Waals surface area contributed by atoms with Crippen LogP contribution in [0.2, 0.25) is 0 Å². The molecule has 2 aromatic heterocycles. The maximum atomic E-state index is 11.2. The quantitative estimate of drug-likeness (QED) is 0.918. The summed E-state index contributed by atoms with van der Waals surface area (Å²) in [5, 5.41) is 4.01. The third-order valence-electron chi connectivity index (χ3n) is 3.75. The van der Waals surface area contributed by atoms with Gasteiger partial charge in [0.05, 0.1) is 5.92 Å². The largest absolute Gasteiger partial charge is 0.364 e. The van der Waals surface area contributed by atoms with Crippen molar-refractivity contribution in [2.45, 2.75) is 32.1 Å². The van der Waals surface area contributed by atoms with E-state index in [2.05, 4.69) is 26.1 Å². The Hall–Kier alpha value is -2.44. The summed E-state index contributed by atoms with van der Waals surface area (Å²) in [6.07, 6.45) is 0.909. The highest BCUT2D eigenvalue weighted by atomic mass is 16.5. The predicted molar refractivity (Wildman–Crippen MR) is 79.5 cm³/mol. The van der Waals surface area contributed by atoms with Crippen molar-refractivity contribution in [2.75, 3.05) is 18.0 Å². The lowest BCUT2D eigenvalue weighted by atomic mass is 10.1. The Kier molecular flexibility index (Phi) is 3.79. The normalized spacial score (nSPS) is 18.1. The number of hydrogen-bond acceptors (Lipinski definition) is 6. The SMILES string of the molecule is CC(C)c1noc(C2CCN(c3cc[c]c(C(N)=O)n3)C2)n1. The highest BCUT2D eigenvalue weighted by Crippen LogP contribution is 2.29. The van der Waals surface area contributed by atoms with E-state index in [-0.39, 0.29) is 17.5 Å². The van der Waals surface area contributed by atoms with Crippen LogP contribution in [0.25, 0.3) is 0 Å². The predicted octanol–water partition coefficient (Wildman–Crippen LogP) is 1.48. The minimum absolute atomic E-state index is 0.154. The van der Waals surface area contributed by atoms with Crippen molar-refractivity contribution in [3.63, 3.8) is 0 Å². The van der Waals surface area contributed by atoms with E-state index in [1.54, 1.807) is 6.07 Å². The number of rotatable bonds is 4. The first-order valence-electron chi connectivity index (χ1n) is 7.31. The summed E-state index contributed by atoms with van der Waals surface area (Å²) in [5.74, 6) is 1.98. The van der Waals surface area contributed by atoms with Gasteiger partial charge < -0.3 is 15.2 Å². The number of pyridine rings is 1. The molecule has 0 spiro atoms. The van der Waals surface area contributed by atoms with Crippen LogP contribution in [0.5, 0.6) is 0 Å². The van der Waals surface area contributed by atoms with E-state index in [4.69, 9.17) is 10.3 Å². The molecule has 3 rings (SSSR count). The maximum absolute atomic E-state index is 11.2. The summed E-state index contributed by atoms with van der Waals surface area (Å²) in [5.41, 5.74) is 5.40. The van der Waals surface area contributed by atoms with E-state index in [0.29, 0.717) is 5.89 Å². The topological polar surface area (TPSA) is 98.1 Å². The van der Waals surface area contributed by atoms with Crippen LogP contribution in [0.4, 0.5) is 5.82 Å². The molecule has 22 heavy (non-hydrogen) atoms. The summed E-state index contributed by atoms with van der Waals surface area (Å²) in [7, 11) is 0. The molecule has 0 aromatic carbocycles. The first kappa shape index (κ1) is 14.5. The van der Waals surface area contributed by atoms with Crippen molar-refractivity contribution < 1.29 is 9.32 Å². The van der Waals surface area contributed by atoms with Gasteiger partial charge in [0.2, 0.25) is 5.89 Å². The van der Waals surface area contributed by atoms with Gasteiger partial charge >= 0.3 is 0 Å². The number of aromatic nitrogens is 3. The Bertz CT molecular complexity index is 682. The Labute approximate surface area is 128 Å². The molecule has 2 aromatic rings. The number of carbonyl (C=O) groups is 1. The van der Waals surface area contributed by atoms with E-state index in [9.17, 15) is 4.79 Å². The molecule has 1 aliphatic heterocycles. The molecule has 1 atom stereocenters. The zero-order chi connectivity index (χ0) is 15.7. The fourth-order valence-electron chi connectivity index (χ4n) is 2.50. The Morgan fingerprint density at radius 1 is 1.50 bits per heavy atom. The summed E-state index contributed by atoms with van der Waals surface area (Å²) in [6, 6.07) is 6.22. The molecule has 1 unspecified atom stereocenters. The monoisotopic (exact) mass is 300 g/mol. The van der Waals surface area contributed by atoms with Crippen molar-refractivity contribution in [3.05, 3.63) is 35.6 Å². The molecule has 3 heterocycles. The summed E-state index contributed by atoms with van der Waals surface area (Å²) in [4.78, 5) is 22.0. The molecule has 7 heteroatoms. The molecule has 7 nitrogen and oxygen atoms in total. The van der Waals surface area contributed by atoms with Crippen LogP contribution in [0.3, 0.4) is 0 Å². The molecule has 115 valence electrons. The highest BCUT2D eigenvalue weighted by molar-refractivity contribution is 5.90. The summed E-state index contributed by atoms with van der Waals surface area (Å²) < 4.78 is 5.37. The van der Waals surface area contributed by atoms with Gasteiger partial charge in [-0.25, -0.2) is 4.98 Å². The summed E-state index contributed by atoms with van der Waals surface area (Å²) >= 11 is 0. The fraction of sp³-hybridized carbons (Fsp3) is 0.467. The lowest BCUT2D eigenvalue weighted by Crippen LogP contribution is -2.22. The maximum Gasteiger partial charge on any atom is 0.268 e. The molecule has 1 aliphatic rings. The molecular weight excluding hydrogens is 282 g/mol. The van der Waals surface area contributed by atoms with Gasteiger partial charge in [-0.05, 0) is 18.6 Å². The van der Waals surface area contributed by atoms with Gasteiger partial charge in [-0.1, -0.05) is 19.0 Å². The molecule has 1 fully saturated rings. The third-order valence-corrected chi connectivity index (χ3v) is 3.75. The molecule has 1 saturated heterocycles. The van der Waals surface area contributed by atoms with Crippen LogP contribution in [-0.2, 0) is 0 Å². The van der Waals surface area contributed by atoms with Crippen LogP contribution < -0.4 is 10.6 Å².